The molecule has 1 aliphatic heterocycles. The summed E-state index contributed by atoms with van der Waals surface area (Å²) in [5.41, 5.74) is 16.9. The number of ether oxygens (including phenoxy) is 3. The highest BCUT2D eigenvalue weighted by atomic mass is 16.5. The first-order valence-corrected chi connectivity index (χ1v) is 10.4. The number of methoxy groups -OCH3 is 2. The predicted molar refractivity (Wildman–Crippen MR) is 124 cm³/mol. The van der Waals surface area contributed by atoms with Crippen LogP contribution in [0.15, 0.2) is 42.5 Å². The van der Waals surface area contributed by atoms with Crippen molar-refractivity contribution in [3.8, 4) is 23.1 Å². The second-order valence-corrected chi connectivity index (χ2v) is 6.77. The van der Waals surface area contributed by atoms with E-state index in [-0.39, 0.29) is 6.54 Å². The van der Waals surface area contributed by atoms with Gasteiger partial charge < -0.3 is 31.0 Å². The number of hydrogen-bond acceptors (Lipinski definition) is 7. The third-order valence-electron chi connectivity index (χ3n) is 5.05. The Hall–Kier alpha value is -3.45. The van der Waals surface area contributed by atoms with Gasteiger partial charge in [0.05, 0.1) is 19.9 Å². The fourth-order valence-corrected chi connectivity index (χ4v) is 3.55. The van der Waals surface area contributed by atoms with Crippen molar-refractivity contribution in [2.45, 2.75) is 33.4 Å². The van der Waals surface area contributed by atoms with E-state index in [9.17, 15) is 0 Å². The van der Waals surface area contributed by atoms with E-state index in [0.29, 0.717) is 41.9 Å². The molecule has 0 saturated carbocycles. The molecule has 164 valence electrons. The normalized spacial score (nSPS) is 11.3. The molecule has 2 heterocycles. The topological polar surface area (TPSA) is 105 Å². The Morgan fingerprint density at radius 3 is 2.39 bits per heavy atom. The zero-order chi connectivity index (χ0) is 22.4. The van der Waals surface area contributed by atoms with E-state index in [1.807, 2.05) is 44.2 Å². The molecule has 4 rings (SSSR count). The summed E-state index contributed by atoms with van der Waals surface area (Å²) in [5.74, 6) is 2.78. The number of pyridine rings is 1. The molecule has 0 bridgehead atoms. The Labute approximate surface area is 183 Å². The Balaban J connectivity index is 0.00000132. The van der Waals surface area contributed by atoms with Crippen molar-refractivity contribution in [2.24, 2.45) is 5.73 Å². The van der Waals surface area contributed by atoms with Crippen LogP contribution in [0.3, 0.4) is 0 Å². The molecule has 31 heavy (non-hydrogen) atoms. The molecule has 0 radical (unpaired) electrons. The van der Waals surface area contributed by atoms with Crippen LogP contribution in [0.25, 0.3) is 0 Å². The number of fused-ring (bicyclic) bond motifs is 2. The smallest absolute Gasteiger partial charge is 0.226 e. The van der Waals surface area contributed by atoms with Crippen LogP contribution in [0.5, 0.6) is 23.1 Å². The molecule has 1 aliphatic rings. The zero-order valence-electron chi connectivity index (χ0n) is 18.5. The van der Waals surface area contributed by atoms with Gasteiger partial charge in [0.2, 0.25) is 5.88 Å². The highest BCUT2D eigenvalue weighted by molar-refractivity contribution is 5.71. The fraction of sp³-hybridized carbons (Fsp3) is 0.292. The van der Waals surface area contributed by atoms with Gasteiger partial charge in [0, 0.05) is 42.3 Å². The molecule has 2 aromatic carbocycles. The fourth-order valence-electron chi connectivity index (χ4n) is 3.55. The minimum atomic E-state index is 0.280. The van der Waals surface area contributed by atoms with Crippen LogP contribution in [-0.2, 0) is 19.5 Å². The van der Waals surface area contributed by atoms with Crippen LogP contribution in [0.2, 0.25) is 0 Å². The standard InChI is InChI=1S/C22H24N4O3.C2H6/c1-27-18-9-14-8-15-20(25-12-13-6-4-3-5-7-13)16(11-23)21(24)26-22(15)29-17(14)10-19(18)28-2;1-2/h3-7,9-10H,8,11-12,23H2,1-2H3,(H3,24,25,26);1-2H3. The lowest BCUT2D eigenvalue weighted by Crippen LogP contribution is -2.16. The molecule has 7 nitrogen and oxygen atoms in total. The largest absolute Gasteiger partial charge is 0.493 e. The van der Waals surface area contributed by atoms with E-state index in [0.717, 1.165) is 27.9 Å². The Kier molecular flexibility index (Phi) is 7.20. The monoisotopic (exact) mass is 422 g/mol. The predicted octanol–water partition coefficient (Wildman–Crippen LogP) is 4.47. The van der Waals surface area contributed by atoms with Gasteiger partial charge in [-0.3, -0.25) is 0 Å². The molecule has 1 aromatic heterocycles. The summed E-state index contributed by atoms with van der Waals surface area (Å²) in [7, 11) is 3.21. The van der Waals surface area contributed by atoms with Gasteiger partial charge in [0.1, 0.15) is 11.6 Å². The molecule has 0 saturated heterocycles. The average Bonchev–Trinajstić information content (AvgIpc) is 2.82. The van der Waals surface area contributed by atoms with E-state index in [1.54, 1.807) is 14.2 Å². The van der Waals surface area contributed by atoms with Gasteiger partial charge >= 0.3 is 0 Å². The molecule has 7 heteroatoms. The number of benzene rings is 2. The number of nitrogens with two attached hydrogens (primary N) is 2. The number of nitrogens with zero attached hydrogens (tertiary/aromatic N) is 1. The van der Waals surface area contributed by atoms with Gasteiger partial charge in [-0.2, -0.15) is 4.98 Å². The number of aromatic nitrogens is 1. The average molecular weight is 423 g/mol. The molecule has 3 aromatic rings. The summed E-state index contributed by atoms with van der Waals surface area (Å²) in [5, 5.41) is 3.50. The minimum Gasteiger partial charge on any atom is -0.493 e. The first kappa shape index (κ1) is 22.2. The molecule has 0 unspecified atom stereocenters. The quantitative estimate of drug-likeness (QED) is 0.421. The first-order valence-electron chi connectivity index (χ1n) is 10.4. The SMILES string of the molecule is CC.COc1cc2c(cc1OC)Oc1nc(N)c(CN)c(NCc3ccccc3)c1C2. The highest BCUT2D eigenvalue weighted by Crippen LogP contribution is 2.45. The van der Waals surface area contributed by atoms with Crippen LogP contribution in [-0.4, -0.2) is 19.2 Å². The van der Waals surface area contributed by atoms with Crippen molar-refractivity contribution in [3.05, 3.63) is 64.7 Å². The molecule has 0 spiro atoms. The van der Waals surface area contributed by atoms with Crippen molar-refractivity contribution in [1.29, 1.82) is 0 Å². The van der Waals surface area contributed by atoms with Gasteiger partial charge in [-0.15, -0.1) is 0 Å². The minimum absolute atomic E-state index is 0.280. The maximum Gasteiger partial charge on any atom is 0.226 e. The summed E-state index contributed by atoms with van der Waals surface area (Å²) < 4.78 is 16.9. The van der Waals surface area contributed by atoms with Crippen LogP contribution in [0.1, 0.15) is 36.1 Å². The second kappa shape index (κ2) is 10.0. The van der Waals surface area contributed by atoms with Gasteiger partial charge in [-0.05, 0) is 11.6 Å². The molecular weight excluding hydrogens is 392 g/mol. The van der Waals surface area contributed by atoms with Gasteiger partial charge in [-0.1, -0.05) is 44.2 Å². The number of hydrogen-bond donors (Lipinski definition) is 3. The highest BCUT2D eigenvalue weighted by Gasteiger charge is 2.26. The molecule has 5 N–H and O–H groups in total. The molecule has 0 aliphatic carbocycles. The van der Waals surface area contributed by atoms with Crippen LogP contribution in [0, 0.1) is 0 Å². The third kappa shape index (κ3) is 4.51. The Morgan fingerprint density at radius 2 is 1.74 bits per heavy atom. The van der Waals surface area contributed by atoms with Crippen LogP contribution >= 0.6 is 0 Å². The summed E-state index contributed by atoms with van der Waals surface area (Å²) in [6.45, 7) is 4.92. The lowest BCUT2D eigenvalue weighted by molar-refractivity contribution is 0.349. The summed E-state index contributed by atoms with van der Waals surface area (Å²) >= 11 is 0. The van der Waals surface area contributed by atoms with Crippen molar-refractivity contribution in [3.63, 3.8) is 0 Å². The zero-order valence-corrected chi connectivity index (χ0v) is 18.5. The summed E-state index contributed by atoms with van der Waals surface area (Å²) in [4.78, 5) is 4.46. The van der Waals surface area contributed by atoms with Crippen LogP contribution < -0.4 is 31.0 Å². The summed E-state index contributed by atoms with van der Waals surface area (Å²) in [6.07, 6.45) is 0.614. The maximum absolute atomic E-state index is 6.19. The summed E-state index contributed by atoms with van der Waals surface area (Å²) in [6, 6.07) is 13.9. The van der Waals surface area contributed by atoms with Crippen molar-refractivity contribution in [2.75, 3.05) is 25.3 Å². The van der Waals surface area contributed by atoms with E-state index in [1.165, 1.54) is 0 Å². The van der Waals surface area contributed by atoms with Crippen molar-refractivity contribution < 1.29 is 14.2 Å². The van der Waals surface area contributed by atoms with Crippen LogP contribution in [0.4, 0.5) is 11.5 Å². The van der Waals surface area contributed by atoms with Crippen molar-refractivity contribution >= 4 is 11.5 Å². The molecule has 0 fully saturated rings. The van der Waals surface area contributed by atoms with Gasteiger partial charge in [-0.25, -0.2) is 0 Å². The molecule has 0 atom stereocenters. The maximum atomic E-state index is 6.19. The number of rotatable bonds is 6. The Morgan fingerprint density at radius 1 is 1.06 bits per heavy atom. The second-order valence-electron chi connectivity index (χ2n) is 6.77. The molecular formula is C24H30N4O3. The van der Waals surface area contributed by atoms with E-state index < -0.39 is 0 Å². The third-order valence-corrected chi connectivity index (χ3v) is 5.05. The van der Waals surface area contributed by atoms with E-state index >= 15 is 0 Å². The van der Waals surface area contributed by atoms with Crippen molar-refractivity contribution in [1.82, 2.24) is 4.98 Å². The molecule has 0 amide bonds. The number of nitrogen functional groups attached to an aromatic ring is 1. The lowest BCUT2D eigenvalue weighted by Gasteiger charge is -2.25. The number of anilines is 2. The Bertz CT molecular complexity index is 1040. The lowest BCUT2D eigenvalue weighted by atomic mass is 9.97. The van der Waals surface area contributed by atoms with E-state index in [4.69, 9.17) is 25.7 Å². The number of nitrogens with one attached hydrogen (secondary N) is 1. The first-order chi connectivity index (χ1) is 15.1. The van der Waals surface area contributed by atoms with E-state index in [2.05, 4.69) is 22.4 Å². The van der Waals surface area contributed by atoms with Gasteiger partial charge in [0.25, 0.3) is 0 Å². The van der Waals surface area contributed by atoms with Gasteiger partial charge in [0.15, 0.2) is 11.5 Å².